The average molecular weight is 466 g/mol. The van der Waals surface area contributed by atoms with Crippen LogP contribution in [0.2, 0.25) is 0 Å². The van der Waals surface area contributed by atoms with Crippen molar-refractivity contribution in [2.45, 2.75) is 65.0 Å². The van der Waals surface area contributed by atoms with E-state index in [2.05, 4.69) is 40.3 Å². The molecule has 1 amide bonds. The zero-order valence-electron chi connectivity index (χ0n) is 20.7. The van der Waals surface area contributed by atoms with E-state index in [4.69, 9.17) is 9.47 Å². The van der Waals surface area contributed by atoms with E-state index in [9.17, 15) is 4.79 Å². The lowest BCUT2D eigenvalue weighted by Gasteiger charge is -2.28. The SMILES string of the molecule is CCOc1ccc(-c2ccc(CC(=O)N[C@H](C)C3CCCCC3)nc2)c(CN2CCOCC2)c1. The van der Waals surface area contributed by atoms with Crippen LogP contribution < -0.4 is 10.1 Å². The molecule has 1 N–H and O–H groups in total. The molecule has 1 saturated carbocycles. The van der Waals surface area contributed by atoms with E-state index in [-0.39, 0.29) is 11.9 Å². The third-order valence-corrected chi connectivity index (χ3v) is 7.11. The second kappa shape index (κ2) is 12.3. The van der Waals surface area contributed by atoms with Gasteiger partial charge in [0.05, 0.1) is 26.2 Å². The van der Waals surface area contributed by atoms with Gasteiger partial charge in [-0.2, -0.15) is 0 Å². The van der Waals surface area contributed by atoms with Gasteiger partial charge < -0.3 is 14.8 Å². The van der Waals surface area contributed by atoms with Crippen LogP contribution in [0.25, 0.3) is 11.1 Å². The third kappa shape index (κ3) is 6.80. The molecular formula is C28H39N3O3. The van der Waals surface area contributed by atoms with Crippen molar-refractivity contribution in [1.82, 2.24) is 15.2 Å². The quantitative estimate of drug-likeness (QED) is 0.586. The summed E-state index contributed by atoms with van der Waals surface area (Å²) in [5.74, 6) is 1.56. The summed E-state index contributed by atoms with van der Waals surface area (Å²) >= 11 is 0. The fourth-order valence-corrected chi connectivity index (χ4v) is 5.15. The molecule has 1 aromatic heterocycles. The lowest BCUT2D eigenvalue weighted by atomic mass is 9.84. The Hall–Kier alpha value is -2.44. The zero-order valence-corrected chi connectivity index (χ0v) is 20.7. The molecule has 0 unspecified atom stereocenters. The number of nitrogens with one attached hydrogen (secondary N) is 1. The minimum absolute atomic E-state index is 0.0624. The van der Waals surface area contributed by atoms with Gasteiger partial charge in [0.25, 0.3) is 0 Å². The molecule has 2 aliphatic rings. The smallest absolute Gasteiger partial charge is 0.226 e. The van der Waals surface area contributed by atoms with Gasteiger partial charge in [-0.05, 0) is 61.9 Å². The molecule has 2 heterocycles. The van der Waals surface area contributed by atoms with Crippen molar-refractivity contribution in [3.8, 4) is 16.9 Å². The van der Waals surface area contributed by atoms with Crippen LogP contribution in [0.4, 0.5) is 0 Å². The van der Waals surface area contributed by atoms with E-state index in [1.165, 1.54) is 37.7 Å². The molecule has 4 rings (SSSR count). The molecule has 0 spiro atoms. The molecule has 34 heavy (non-hydrogen) atoms. The Kier molecular flexibility index (Phi) is 8.94. The first-order valence-corrected chi connectivity index (χ1v) is 12.9. The maximum Gasteiger partial charge on any atom is 0.226 e. The first-order valence-electron chi connectivity index (χ1n) is 12.9. The molecule has 1 aliphatic heterocycles. The van der Waals surface area contributed by atoms with Gasteiger partial charge in [0.15, 0.2) is 0 Å². The molecule has 1 aromatic carbocycles. The molecule has 1 saturated heterocycles. The number of hydrogen-bond acceptors (Lipinski definition) is 5. The Morgan fingerprint density at radius 2 is 1.97 bits per heavy atom. The second-order valence-electron chi connectivity index (χ2n) is 9.61. The highest BCUT2D eigenvalue weighted by atomic mass is 16.5. The number of amides is 1. The standard InChI is InChI=1S/C28H39N3O3/c1-3-34-26-11-12-27(24(17-26)20-31-13-15-33-16-14-31)23-9-10-25(29-19-23)18-28(32)30-21(2)22-7-5-4-6-8-22/h9-12,17,19,21-22H,3-8,13-16,18,20H2,1-2H3,(H,30,32)/t21-/m1/s1. The van der Waals surface area contributed by atoms with E-state index in [0.717, 1.165) is 55.4 Å². The first-order chi connectivity index (χ1) is 16.6. The number of morpholine rings is 1. The number of hydrogen-bond donors (Lipinski definition) is 1. The summed E-state index contributed by atoms with van der Waals surface area (Å²) in [5, 5.41) is 3.21. The van der Waals surface area contributed by atoms with Crippen LogP contribution >= 0.6 is 0 Å². The Labute approximate surface area is 204 Å². The highest BCUT2D eigenvalue weighted by Gasteiger charge is 2.21. The Morgan fingerprint density at radius 1 is 1.18 bits per heavy atom. The summed E-state index contributed by atoms with van der Waals surface area (Å²) in [6.45, 7) is 9.07. The largest absolute Gasteiger partial charge is 0.494 e. The number of ether oxygens (including phenoxy) is 2. The van der Waals surface area contributed by atoms with Crippen molar-refractivity contribution >= 4 is 5.91 Å². The topological polar surface area (TPSA) is 63.7 Å². The van der Waals surface area contributed by atoms with Crippen LogP contribution in [0.5, 0.6) is 5.75 Å². The van der Waals surface area contributed by atoms with Crippen LogP contribution in [-0.2, 0) is 22.5 Å². The van der Waals surface area contributed by atoms with E-state index in [1.54, 1.807) is 0 Å². The van der Waals surface area contributed by atoms with Gasteiger partial charge in [0.1, 0.15) is 5.75 Å². The Morgan fingerprint density at radius 3 is 2.68 bits per heavy atom. The van der Waals surface area contributed by atoms with E-state index in [1.807, 2.05) is 25.3 Å². The minimum Gasteiger partial charge on any atom is -0.494 e. The number of nitrogens with zero attached hydrogens (tertiary/aromatic N) is 2. The molecule has 1 atom stereocenters. The highest BCUT2D eigenvalue weighted by molar-refractivity contribution is 5.78. The Balaban J connectivity index is 1.42. The van der Waals surface area contributed by atoms with Crippen LogP contribution in [-0.4, -0.2) is 54.7 Å². The number of rotatable bonds is 9. The average Bonchev–Trinajstić information content (AvgIpc) is 2.86. The highest BCUT2D eigenvalue weighted by Crippen LogP contribution is 2.29. The molecule has 184 valence electrons. The molecule has 0 bridgehead atoms. The number of benzene rings is 1. The number of aromatic nitrogens is 1. The summed E-state index contributed by atoms with van der Waals surface area (Å²) in [7, 11) is 0. The molecule has 6 heteroatoms. The van der Waals surface area contributed by atoms with Gasteiger partial charge in [-0.25, -0.2) is 0 Å². The van der Waals surface area contributed by atoms with Gasteiger partial charge in [-0.15, -0.1) is 0 Å². The predicted octanol–water partition coefficient (Wildman–Crippen LogP) is 4.61. The van der Waals surface area contributed by atoms with Crippen molar-refractivity contribution < 1.29 is 14.3 Å². The van der Waals surface area contributed by atoms with Crippen LogP contribution in [0.15, 0.2) is 36.5 Å². The lowest BCUT2D eigenvalue weighted by Crippen LogP contribution is -2.39. The van der Waals surface area contributed by atoms with Crippen LogP contribution in [0.1, 0.15) is 57.2 Å². The van der Waals surface area contributed by atoms with Crippen molar-refractivity contribution in [3.63, 3.8) is 0 Å². The van der Waals surface area contributed by atoms with Gasteiger partial charge >= 0.3 is 0 Å². The van der Waals surface area contributed by atoms with Crippen molar-refractivity contribution in [2.75, 3.05) is 32.9 Å². The fourth-order valence-electron chi connectivity index (χ4n) is 5.15. The number of pyridine rings is 1. The Bertz CT molecular complexity index is 919. The normalized spacial score (nSPS) is 18.4. The van der Waals surface area contributed by atoms with Crippen LogP contribution in [0.3, 0.4) is 0 Å². The molecule has 2 fully saturated rings. The van der Waals surface area contributed by atoms with Crippen molar-refractivity contribution in [1.29, 1.82) is 0 Å². The minimum atomic E-state index is 0.0624. The molecule has 6 nitrogen and oxygen atoms in total. The van der Waals surface area contributed by atoms with Crippen molar-refractivity contribution in [2.24, 2.45) is 5.92 Å². The zero-order chi connectivity index (χ0) is 23.8. The number of carbonyl (C=O) groups excluding carboxylic acids is 1. The maximum absolute atomic E-state index is 12.6. The molecule has 0 radical (unpaired) electrons. The molecular weight excluding hydrogens is 426 g/mol. The summed E-state index contributed by atoms with van der Waals surface area (Å²) in [6.07, 6.45) is 8.56. The lowest BCUT2D eigenvalue weighted by molar-refractivity contribution is -0.121. The van der Waals surface area contributed by atoms with Crippen molar-refractivity contribution in [3.05, 3.63) is 47.8 Å². The maximum atomic E-state index is 12.6. The third-order valence-electron chi connectivity index (χ3n) is 7.11. The molecule has 2 aromatic rings. The van der Waals surface area contributed by atoms with E-state index < -0.39 is 0 Å². The fraction of sp³-hybridized carbons (Fsp3) is 0.571. The summed E-state index contributed by atoms with van der Waals surface area (Å²) in [4.78, 5) is 19.7. The molecule has 1 aliphatic carbocycles. The summed E-state index contributed by atoms with van der Waals surface area (Å²) in [6, 6.07) is 10.6. The summed E-state index contributed by atoms with van der Waals surface area (Å²) < 4.78 is 11.3. The first kappa shape index (κ1) is 24.7. The van der Waals surface area contributed by atoms with E-state index >= 15 is 0 Å². The van der Waals surface area contributed by atoms with Gasteiger partial charge in [0, 0.05) is 43.1 Å². The number of carbonyl (C=O) groups is 1. The van der Waals surface area contributed by atoms with E-state index in [0.29, 0.717) is 18.9 Å². The van der Waals surface area contributed by atoms with Gasteiger partial charge in [-0.3, -0.25) is 14.7 Å². The second-order valence-corrected chi connectivity index (χ2v) is 9.61. The van der Waals surface area contributed by atoms with Gasteiger partial charge in [-0.1, -0.05) is 31.4 Å². The predicted molar refractivity (Wildman–Crippen MR) is 135 cm³/mol. The monoisotopic (exact) mass is 465 g/mol. The summed E-state index contributed by atoms with van der Waals surface area (Å²) in [5.41, 5.74) is 4.25. The van der Waals surface area contributed by atoms with Crippen LogP contribution in [0, 0.1) is 5.92 Å². The van der Waals surface area contributed by atoms with Gasteiger partial charge in [0.2, 0.25) is 5.91 Å².